The smallest absolute Gasteiger partial charge is 0.0524 e. The molecule has 1 saturated heterocycles. The molecule has 4 nitrogen and oxygen atoms in total. The lowest BCUT2D eigenvalue weighted by molar-refractivity contribution is 0.179. The fourth-order valence-corrected chi connectivity index (χ4v) is 2.65. The second kappa shape index (κ2) is 4.78. The van der Waals surface area contributed by atoms with Crippen molar-refractivity contribution in [1.82, 2.24) is 14.7 Å². The minimum atomic E-state index is -0.0822. The summed E-state index contributed by atoms with van der Waals surface area (Å²) in [5.41, 5.74) is 7.37. The van der Waals surface area contributed by atoms with Gasteiger partial charge in [-0.15, -0.1) is 0 Å². The minimum absolute atomic E-state index is 0.0822. The molecule has 1 fully saturated rings. The van der Waals surface area contributed by atoms with Gasteiger partial charge in [0.05, 0.1) is 6.20 Å². The summed E-state index contributed by atoms with van der Waals surface area (Å²) in [6.45, 7) is 7.49. The first-order chi connectivity index (χ1) is 7.94. The standard InChI is InChI=1S/C13H24N4/c1-13(2,14)10-17-6-4-11(5-7-17)12-8-15-16(3)9-12/h8-9,11H,4-7,10,14H2,1-3H3. The average molecular weight is 236 g/mol. The third-order valence-corrected chi connectivity index (χ3v) is 3.41. The van der Waals surface area contributed by atoms with Crippen molar-refractivity contribution in [1.29, 1.82) is 0 Å². The minimum Gasteiger partial charge on any atom is -0.324 e. The van der Waals surface area contributed by atoms with Crippen LogP contribution in [0.2, 0.25) is 0 Å². The fourth-order valence-electron chi connectivity index (χ4n) is 2.65. The van der Waals surface area contributed by atoms with Gasteiger partial charge in [0.2, 0.25) is 0 Å². The molecule has 2 heterocycles. The Morgan fingerprint density at radius 1 is 1.41 bits per heavy atom. The lowest BCUT2D eigenvalue weighted by Crippen LogP contribution is -2.47. The van der Waals surface area contributed by atoms with E-state index in [9.17, 15) is 0 Å². The zero-order valence-electron chi connectivity index (χ0n) is 11.2. The number of likely N-dealkylation sites (tertiary alicyclic amines) is 1. The summed E-state index contributed by atoms with van der Waals surface area (Å²) in [6.07, 6.45) is 6.60. The maximum Gasteiger partial charge on any atom is 0.0524 e. The van der Waals surface area contributed by atoms with Crippen molar-refractivity contribution in [2.75, 3.05) is 19.6 Å². The zero-order valence-corrected chi connectivity index (χ0v) is 11.2. The number of nitrogens with two attached hydrogens (primary N) is 1. The van der Waals surface area contributed by atoms with Crippen LogP contribution in [0.25, 0.3) is 0 Å². The molecule has 0 bridgehead atoms. The molecule has 0 atom stereocenters. The molecule has 2 rings (SSSR count). The number of hydrogen-bond acceptors (Lipinski definition) is 3. The summed E-state index contributed by atoms with van der Waals surface area (Å²) in [7, 11) is 1.98. The number of aryl methyl sites for hydroxylation is 1. The van der Waals surface area contributed by atoms with Crippen molar-refractivity contribution >= 4 is 0 Å². The highest BCUT2D eigenvalue weighted by Gasteiger charge is 2.24. The predicted molar refractivity (Wildman–Crippen MR) is 69.9 cm³/mol. The lowest BCUT2D eigenvalue weighted by atomic mass is 9.91. The van der Waals surface area contributed by atoms with E-state index in [1.54, 1.807) is 0 Å². The molecule has 96 valence electrons. The number of nitrogens with zero attached hydrogens (tertiary/aromatic N) is 3. The molecule has 4 heteroatoms. The lowest BCUT2D eigenvalue weighted by Gasteiger charge is -2.35. The van der Waals surface area contributed by atoms with Crippen molar-refractivity contribution in [3.63, 3.8) is 0 Å². The maximum absolute atomic E-state index is 6.06. The van der Waals surface area contributed by atoms with Gasteiger partial charge in [0.25, 0.3) is 0 Å². The Kier molecular flexibility index (Phi) is 3.54. The van der Waals surface area contributed by atoms with Crippen molar-refractivity contribution < 1.29 is 0 Å². The van der Waals surface area contributed by atoms with Gasteiger partial charge in [0.1, 0.15) is 0 Å². The second-order valence-corrected chi connectivity index (χ2v) is 5.99. The van der Waals surface area contributed by atoms with Gasteiger partial charge < -0.3 is 10.6 Å². The summed E-state index contributed by atoms with van der Waals surface area (Å²) >= 11 is 0. The van der Waals surface area contributed by atoms with E-state index in [4.69, 9.17) is 5.73 Å². The molecule has 1 aliphatic rings. The van der Waals surface area contributed by atoms with Crippen molar-refractivity contribution in [3.8, 4) is 0 Å². The van der Waals surface area contributed by atoms with Crippen LogP contribution in [0.5, 0.6) is 0 Å². The van der Waals surface area contributed by atoms with Crippen LogP contribution in [-0.4, -0.2) is 39.9 Å². The first-order valence-corrected chi connectivity index (χ1v) is 6.44. The van der Waals surface area contributed by atoms with Gasteiger partial charge in [-0.25, -0.2) is 0 Å². The summed E-state index contributed by atoms with van der Waals surface area (Å²) in [5, 5.41) is 4.25. The highest BCUT2D eigenvalue weighted by molar-refractivity contribution is 5.12. The van der Waals surface area contributed by atoms with E-state index in [0.717, 1.165) is 19.6 Å². The normalized spacial score (nSPS) is 19.8. The zero-order chi connectivity index (χ0) is 12.5. The Morgan fingerprint density at radius 2 is 2.06 bits per heavy atom. The van der Waals surface area contributed by atoms with Crippen molar-refractivity contribution in [2.24, 2.45) is 12.8 Å². The Balaban J connectivity index is 1.86. The first kappa shape index (κ1) is 12.6. The molecule has 0 unspecified atom stereocenters. The van der Waals surface area contributed by atoms with Gasteiger partial charge in [0, 0.05) is 25.3 Å². The van der Waals surface area contributed by atoms with E-state index in [1.807, 2.05) is 17.9 Å². The topological polar surface area (TPSA) is 47.1 Å². The van der Waals surface area contributed by atoms with Gasteiger partial charge in [-0.1, -0.05) is 0 Å². The third kappa shape index (κ3) is 3.54. The van der Waals surface area contributed by atoms with Gasteiger partial charge in [-0.05, 0) is 51.3 Å². The van der Waals surface area contributed by atoms with Gasteiger partial charge >= 0.3 is 0 Å². The van der Waals surface area contributed by atoms with Crippen LogP contribution >= 0.6 is 0 Å². The number of rotatable bonds is 3. The monoisotopic (exact) mass is 236 g/mol. The molecule has 1 aliphatic heterocycles. The van der Waals surface area contributed by atoms with Crippen LogP contribution in [0, 0.1) is 0 Å². The van der Waals surface area contributed by atoms with Gasteiger partial charge in [-0.2, -0.15) is 5.10 Å². The van der Waals surface area contributed by atoms with E-state index in [-0.39, 0.29) is 5.54 Å². The van der Waals surface area contributed by atoms with E-state index in [0.29, 0.717) is 5.92 Å². The maximum atomic E-state index is 6.06. The molecule has 1 aromatic heterocycles. The molecular weight excluding hydrogens is 212 g/mol. The quantitative estimate of drug-likeness (QED) is 0.861. The molecule has 0 aromatic carbocycles. The van der Waals surface area contributed by atoms with Crippen LogP contribution in [0.4, 0.5) is 0 Å². The first-order valence-electron chi connectivity index (χ1n) is 6.44. The van der Waals surface area contributed by atoms with Crippen LogP contribution in [-0.2, 0) is 7.05 Å². The van der Waals surface area contributed by atoms with E-state index in [1.165, 1.54) is 18.4 Å². The molecule has 17 heavy (non-hydrogen) atoms. The summed E-state index contributed by atoms with van der Waals surface area (Å²) in [4.78, 5) is 2.48. The molecule has 2 N–H and O–H groups in total. The Morgan fingerprint density at radius 3 is 2.53 bits per heavy atom. The number of aromatic nitrogens is 2. The van der Waals surface area contributed by atoms with E-state index in [2.05, 4.69) is 30.0 Å². The highest BCUT2D eigenvalue weighted by Crippen LogP contribution is 2.27. The van der Waals surface area contributed by atoms with Gasteiger partial charge in [0.15, 0.2) is 0 Å². The molecule has 0 spiro atoms. The fraction of sp³-hybridized carbons (Fsp3) is 0.769. The Hall–Kier alpha value is -0.870. The Labute approximate surface area is 104 Å². The molecule has 0 radical (unpaired) electrons. The average Bonchev–Trinajstić information content (AvgIpc) is 2.63. The van der Waals surface area contributed by atoms with E-state index >= 15 is 0 Å². The molecule has 1 aromatic rings. The summed E-state index contributed by atoms with van der Waals surface area (Å²) < 4.78 is 1.89. The van der Waals surface area contributed by atoms with Crippen LogP contribution in [0.15, 0.2) is 12.4 Å². The highest BCUT2D eigenvalue weighted by atomic mass is 15.2. The third-order valence-electron chi connectivity index (χ3n) is 3.41. The summed E-state index contributed by atoms with van der Waals surface area (Å²) in [6, 6.07) is 0. The second-order valence-electron chi connectivity index (χ2n) is 5.99. The molecule has 0 aliphatic carbocycles. The molecule has 0 saturated carbocycles. The molecule has 0 amide bonds. The SMILES string of the molecule is Cn1cc(C2CCN(CC(C)(C)N)CC2)cn1. The predicted octanol–water partition coefficient (Wildman–Crippen LogP) is 1.34. The van der Waals surface area contributed by atoms with Crippen LogP contribution in [0.3, 0.4) is 0 Å². The van der Waals surface area contributed by atoms with Crippen molar-refractivity contribution in [2.45, 2.75) is 38.1 Å². The largest absolute Gasteiger partial charge is 0.324 e. The van der Waals surface area contributed by atoms with Crippen LogP contribution in [0.1, 0.15) is 38.2 Å². The van der Waals surface area contributed by atoms with Crippen molar-refractivity contribution in [3.05, 3.63) is 18.0 Å². The van der Waals surface area contributed by atoms with Gasteiger partial charge in [-0.3, -0.25) is 4.68 Å². The summed E-state index contributed by atoms with van der Waals surface area (Å²) in [5.74, 6) is 0.681. The Bertz CT molecular complexity index is 356. The number of piperidine rings is 1. The molecular formula is C13H24N4. The van der Waals surface area contributed by atoms with Crippen LogP contribution < -0.4 is 5.73 Å². The number of hydrogen-bond donors (Lipinski definition) is 1. The van der Waals surface area contributed by atoms with E-state index < -0.39 is 0 Å².